The van der Waals surface area contributed by atoms with Crippen LogP contribution < -0.4 is 5.32 Å². The van der Waals surface area contributed by atoms with Crippen LogP contribution in [0.25, 0.3) is 0 Å². The third-order valence-electron chi connectivity index (χ3n) is 3.22. The van der Waals surface area contributed by atoms with E-state index in [1.165, 1.54) is 7.05 Å². The van der Waals surface area contributed by atoms with E-state index in [0.717, 1.165) is 17.7 Å². The average Bonchev–Trinajstić information content (AvgIpc) is 2.26. The van der Waals surface area contributed by atoms with Gasteiger partial charge in [-0.25, -0.2) is 4.79 Å². The fourth-order valence-corrected chi connectivity index (χ4v) is 2.02. The summed E-state index contributed by atoms with van der Waals surface area (Å²) >= 11 is 0. The quantitative estimate of drug-likeness (QED) is 0.595. The zero-order chi connectivity index (χ0) is 13.2. The minimum absolute atomic E-state index is 0.390. The summed E-state index contributed by atoms with van der Waals surface area (Å²) in [6.45, 7) is 7.37. The van der Waals surface area contributed by atoms with Crippen LogP contribution in [0.2, 0.25) is 0 Å². The van der Waals surface area contributed by atoms with Crippen molar-refractivity contribution < 1.29 is 14.4 Å². The Hall–Kier alpha value is -1.65. The van der Waals surface area contributed by atoms with Gasteiger partial charge in [0.05, 0.1) is 0 Å². The number of unbranched alkanes of at least 4 members (excludes halogenated alkanes) is 1. The number of carbonyl (C=O) groups excluding carboxylic acids is 3. The van der Waals surface area contributed by atoms with Crippen molar-refractivity contribution in [3.63, 3.8) is 0 Å². The van der Waals surface area contributed by atoms with Crippen molar-refractivity contribution in [1.82, 2.24) is 10.2 Å². The Morgan fingerprint density at radius 2 is 2.00 bits per heavy atom. The number of barbiturate groups is 1. The fourth-order valence-electron chi connectivity index (χ4n) is 2.02. The lowest BCUT2D eigenvalue weighted by Crippen LogP contribution is -2.63. The molecule has 1 N–H and O–H groups in total. The number of amides is 4. The van der Waals surface area contributed by atoms with Crippen molar-refractivity contribution in [2.75, 3.05) is 7.05 Å². The lowest BCUT2D eigenvalue weighted by molar-refractivity contribution is -0.148. The summed E-state index contributed by atoms with van der Waals surface area (Å²) in [5.74, 6) is -1.03. The lowest BCUT2D eigenvalue weighted by atomic mass is 9.74. The van der Waals surface area contributed by atoms with Crippen LogP contribution in [-0.4, -0.2) is 29.8 Å². The summed E-state index contributed by atoms with van der Waals surface area (Å²) in [5.41, 5.74) is -0.800. The molecular formula is C12H18N2O3. The number of carbonyl (C=O) groups is 3. The van der Waals surface area contributed by atoms with Crippen molar-refractivity contribution in [2.45, 2.75) is 33.1 Å². The smallest absolute Gasteiger partial charge is 0.276 e. The highest BCUT2D eigenvalue weighted by molar-refractivity contribution is 6.20. The number of imide groups is 2. The third kappa shape index (κ3) is 1.97. The molecule has 0 radical (unpaired) electrons. The van der Waals surface area contributed by atoms with Gasteiger partial charge in [-0.2, -0.15) is 0 Å². The maximum atomic E-state index is 12.2. The van der Waals surface area contributed by atoms with Crippen LogP contribution in [0.5, 0.6) is 0 Å². The molecule has 0 aromatic carbocycles. The maximum absolute atomic E-state index is 12.2. The Kier molecular flexibility index (Phi) is 3.70. The van der Waals surface area contributed by atoms with E-state index in [9.17, 15) is 14.4 Å². The van der Waals surface area contributed by atoms with E-state index in [2.05, 4.69) is 11.9 Å². The minimum Gasteiger partial charge on any atom is -0.276 e. The summed E-state index contributed by atoms with van der Waals surface area (Å²) in [6.07, 6.45) is 1.99. The number of nitrogens with zero attached hydrogens (tertiary/aromatic N) is 1. The Labute approximate surface area is 101 Å². The molecule has 1 aliphatic heterocycles. The fraction of sp³-hybridized carbons (Fsp3) is 0.583. The molecule has 5 nitrogen and oxygen atoms in total. The zero-order valence-electron chi connectivity index (χ0n) is 10.5. The van der Waals surface area contributed by atoms with Gasteiger partial charge in [0.1, 0.15) is 5.41 Å². The Bertz CT molecular complexity index is 389. The van der Waals surface area contributed by atoms with Gasteiger partial charge in [-0.3, -0.25) is 19.8 Å². The van der Waals surface area contributed by atoms with Crippen molar-refractivity contribution in [3.05, 3.63) is 12.2 Å². The number of nitrogens with one attached hydrogen (secondary N) is 1. The first-order valence-corrected chi connectivity index (χ1v) is 5.67. The predicted molar refractivity (Wildman–Crippen MR) is 63.1 cm³/mol. The molecule has 94 valence electrons. The molecular weight excluding hydrogens is 220 g/mol. The van der Waals surface area contributed by atoms with E-state index in [0.29, 0.717) is 12.0 Å². The molecule has 17 heavy (non-hydrogen) atoms. The summed E-state index contributed by atoms with van der Waals surface area (Å²) in [6, 6.07) is -0.673. The van der Waals surface area contributed by atoms with Crippen molar-refractivity contribution in [1.29, 1.82) is 0 Å². The Balaban J connectivity index is 3.18. The SMILES string of the molecule is C=C(C)[C@@]1(CCCC)C(=O)NC(=O)N(C)C1=O. The first kappa shape index (κ1) is 13.4. The Morgan fingerprint density at radius 3 is 2.47 bits per heavy atom. The van der Waals surface area contributed by atoms with Crippen LogP contribution in [0.15, 0.2) is 12.2 Å². The topological polar surface area (TPSA) is 66.5 Å². The molecule has 1 aliphatic rings. The molecule has 4 amide bonds. The second kappa shape index (κ2) is 4.69. The van der Waals surface area contributed by atoms with Gasteiger partial charge in [-0.15, -0.1) is 0 Å². The molecule has 1 saturated heterocycles. The predicted octanol–water partition coefficient (Wildman–Crippen LogP) is 1.45. The van der Waals surface area contributed by atoms with Crippen molar-refractivity contribution in [2.24, 2.45) is 5.41 Å². The van der Waals surface area contributed by atoms with Crippen LogP contribution in [0.3, 0.4) is 0 Å². The highest BCUT2D eigenvalue weighted by Crippen LogP contribution is 2.36. The van der Waals surface area contributed by atoms with Crippen LogP contribution in [0.4, 0.5) is 4.79 Å². The van der Waals surface area contributed by atoms with Crippen molar-refractivity contribution in [3.8, 4) is 0 Å². The molecule has 0 saturated carbocycles. The lowest BCUT2D eigenvalue weighted by Gasteiger charge is -2.38. The first-order valence-electron chi connectivity index (χ1n) is 5.67. The number of hydrogen-bond acceptors (Lipinski definition) is 3. The van der Waals surface area contributed by atoms with Gasteiger partial charge in [-0.05, 0) is 13.3 Å². The molecule has 1 atom stereocenters. The van der Waals surface area contributed by atoms with Gasteiger partial charge in [0.15, 0.2) is 0 Å². The number of hydrogen-bond donors (Lipinski definition) is 1. The van der Waals surface area contributed by atoms with Gasteiger partial charge < -0.3 is 0 Å². The largest absolute Gasteiger partial charge is 0.330 e. The molecule has 0 aromatic rings. The van der Waals surface area contributed by atoms with Crippen molar-refractivity contribution >= 4 is 17.8 Å². The zero-order valence-corrected chi connectivity index (χ0v) is 10.5. The maximum Gasteiger partial charge on any atom is 0.330 e. The van der Waals surface area contributed by atoms with Crippen LogP contribution in [0.1, 0.15) is 33.1 Å². The monoisotopic (exact) mass is 238 g/mol. The molecule has 1 rings (SSSR count). The first-order chi connectivity index (χ1) is 7.87. The van der Waals surface area contributed by atoms with Gasteiger partial charge in [-0.1, -0.05) is 31.9 Å². The molecule has 0 bridgehead atoms. The highest BCUT2D eigenvalue weighted by Gasteiger charge is 2.52. The average molecular weight is 238 g/mol. The summed E-state index contributed by atoms with van der Waals surface area (Å²) in [5, 5.41) is 2.21. The molecule has 1 fully saturated rings. The minimum atomic E-state index is -1.28. The normalized spacial score (nSPS) is 24.9. The van der Waals surface area contributed by atoms with Gasteiger partial charge in [0.25, 0.3) is 0 Å². The molecule has 0 unspecified atom stereocenters. The molecule has 5 heteroatoms. The number of rotatable bonds is 4. The summed E-state index contributed by atoms with van der Waals surface area (Å²) < 4.78 is 0. The summed E-state index contributed by atoms with van der Waals surface area (Å²) in [7, 11) is 1.37. The standard InChI is InChI=1S/C12H18N2O3/c1-5-6-7-12(8(2)3)9(15)13-11(17)14(4)10(12)16/h2,5-7H2,1,3-4H3,(H,13,15,17)/t12-/m0/s1. The van der Waals surface area contributed by atoms with Crippen LogP contribution >= 0.6 is 0 Å². The van der Waals surface area contributed by atoms with E-state index in [1.807, 2.05) is 6.92 Å². The Morgan fingerprint density at radius 1 is 1.41 bits per heavy atom. The molecule has 1 heterocycles. The van der Waals surface area contributed by atoms with Gasteiger partial charge >= 0.3 is 6.03 Å². The number of urea groups is 1. The van der Waals surface area contributed by atoms with Crippen LogP contribution in [0, 0.1) is 5.41 Å². The van der Waals surface area contributed by atoms with Crippen LogP contribution in [-0.2, 0) is 9.59 Å². The van der Waals surface area contributed by atoms with E-state index >= 15 is 0 Å². The molecule has 0 aliphatic carbocycles. The molecule has 0 aromatic heterocycles. The second-order valence-electron chi connectivity index (χ2n) is 4.41. The van der Waals surface area contributed by atoms with E-state index in [1.54, 1.807) is 6.92 Å². The van der Waals surface area contributed by atoms with E-state index in [-0.39, 0.29) is 0 Å². The molecule has 0 spiro atoms. The highest BCUT2D eigenvalue weighted by atomic mass is 16.2. The van der Waals surface area contributed by atoms with E-state index < -0.39 is 23.3 Å². The third-order valence-corrected chi connectivity index (χ3v) is 3.22. The van der Waals surface area contributed by atoms with Gasteiger partial charge in [0, 0.05) is 7.05 Å². The summed E-state index contributed by atoms with van der Waals surface area (Å²) in [4.78, 5) is 36.5. The van der Waals surface area contributed by atoms with E-state index in [4.69, 9.17) is 0 Å². The van der Waals surface area contributed by atoms with Gasteiger partial charge in [0.2, 0.25) is 11.8 Å². The second-order valence-corrected chi connectivity index (χ2v) is 4.41.